The topological polar surface area (TPSA) is 122 Å². The number of alkyl halides is 3. The minimum absolute atomic E-state index is 0.144. The van der Waals surface area contributed by atoms with E-state index in [1.807, 2.05) is 0 Å². The summed E-state index contributed by atoms with van der Waals surface area (Å²) in [7, 11) is -8.00. The third kappa shape index (κ3) is 6.55. The Balaban J connectivity index is 1.56. The molecule has 1 aromatic heterocycles. The summed E-state index contributed by atoms with van der Waals surface area (Å²) in [5.74, 6) is -0.851. The largest absolute Gasteiger partial charge is 0.416 e. The molecule has 3 heterocycles. The van der Waals surface area contributed by atoms with Gasteiger partial charge in [0.25, 0.3) is 15.9 Å². The van der Waals surface area contributed by atoms with Gasteiger partial charge in [-0.15, -0.1) is 11.3 Å². The standard InChI is InChI=1S/C22H26F3N3O7S3/c1-37(30,31)27-11-12-28(17(14-27)21(29)26-35-19-4-2-3-13-34-19)38(32,33)20-10-9-18(36-20)15-5-7-16(8-6-15)22(23,24)25/h5-10,17,19H,2-4,11-14H2,1H3,(H,26,29)/t17-,19?/m1/s1. The summed E-state index contributed by atoms with van der Waals surface area (Å²) in [4.78, 5) is 18.7. The van der Waals surface area contributed by atoms with Crippen molar-refractivity contribution in [1.82, 2.24) is 14.1 Å². The van der Waals surface area contributed by atoms with Crippen molar-refractivity contribution in [3.63, 3.8) is 0 Å². The van der Waals surface area contributed by atoms with Crippen molar-refractivity contribution in [1.29, 1.82) is 0 Å². The van der Waals surface area contributed by atoms with Gasteiger partial charge in [0.2, 0.25) is 10.0 Å². The van der Waals surface area contributed by atoms with Gasteiger partial charge in [0.05, 0.1) is 11.8 Å². The maximum atomic E-state index is 13.6. The molecule has 1 aromatic carbocycles. The monoisotopic (exact) mass is 597 g/mol. The van der Waals surface area contributed by atoms with E-state index in [0.717, 1.165) is 51.2 Å². The molecule has 0 aliphatic carbocycles. The van der Waals surface area contributed by atoms with Gasteiger partial charge in [0, 0.05) is 37.5 Å². The molecule has 1 amide bonds. The minimum atomic E-state index is -4.50. The number of hydrogen-bond acceptors (Lipinski definition) is 8. The summed E-state index contributed by atoms with van der Waals surface area (Å²) in [5.41, 5.74) is 1.78. The lowest BCUT2D eigenvalue weighted by Gasteiger charge is -2.38. The normalized spacial score (nSPS) is 22.3. The third-order valence-electron chi connectivity index (χ3n) is 6.14. The predicted octanol–water partition coefficient (Wildman–Crippen LogP) is 2.64. The number of sulfonamides is 2. The molecule has 2 aliphatic heterocycles. The van der Waals surface area contributed by atoms with Crippen LogP contribution in [0.25, 0.3) is 10.4 Å². The highest BCUT2D eigenvalue weighted by Gasteiger charge is 2.43. The van der Waals surface area contributed by atoms with Crippen molar-refractivity contribution in [3.8, 4) is 10.4 Å². The van der Waals surface area contributed by atoms with Gasteiger partial charge in [-0.25, -0.2) is 27.2 Å². The van der Waals surface area contributed by atoms with Crippen molar-refractivity contribution in [3.05, 3.63) is 42.0 Å². The molecular formula is C22H26F3N3O7S3. The third-order valence-corrected chi connectivity index (χ3v) is 10.9. The van der Waals surface area contributed by atoms with E-state index < -0.39 is 56.6 Å². The molecule has 1 N–H and O–H groups in total. The van der Waals surface area contributed by atoms with E-state index in [2.05, 4.69) is 5.48 Å². The summed E-state index contributed by atoms with van der Waals surface area (Å²) in [6.07, 6.45) is -2.03. The number of hydroxylamine groups is 1. The summed E-state index contributed by atoms with van der Waals surface area (Å²) in [6, 6.07) is 5.65. The van der Waals surface area contributed by atoms with Crippen LogP contribution in [0.2, 0.25) is 0 Å². The number of nitrogens with zero attached hydrogens (tertiary/aromatic N) is 2. The molecule has 38 heavy (non-hydrogen) atoms. The summed E-state index contributed by atoms with van der Waals surface area (Å²) >= 11 is 0.830. The summed E-state index contributed by atoms with van der Waals surface area (Å²) in [6.45, 7) is -0.422. The lowest BCUT2D eigenvalue weighted by Crippen LogP contribution is -2.61. The fraction of sp³-hybridized carbons (Fsp3) is 0.500. The Morgan fingerprint density at radius 3 is 2.39 bits per heavy atom. The van der Waals surface area contributed by atoms with E-state index in [1.165, 1.54) is 24.3 Å². The lowest BCUT2D eigenvalue weighted by molar-refractivity contribution is -0.202. The van der Waals surface area contributed by atoms with E-state index in [0.29, 0.717) is 23.5 Å². The highest BCUT2D eigenvalue weighted by atomic mass is 32.2. The van der Waals surface area contributed by atoms with E-state index in [-0.39, 0.29) is 17.3 Å². The fourth-order valence-electron chi connectivity index (χ4n) is 4.09. The highest BCUT2D eigenvalue weighted by Crippen LogP contribution is 2.36. The van der Waals surface area contributed by atoms with Gasteiger partial charge in [-0.1, -0.05) is 12.1 Å². The summed E-state index contributed by atoms with van der Waals surface area (Å²) < 4.78 is 97.2. The Morgan fingerprint density at radius 1 is 1.08 bits per heavy atom. The molecule has 4 rings (SSSR count). The smallest absolute Gasteiger partial charge is 0.350 e. The van der Waals surface area contributed by atoms with Gasteiger partial charge in [-0.05, 0) is 42.7 Å². The average Bonchev–Trinajstić information content (AvgIpc) is 3.38. The van der Waals surface area contributed by atoms with Gasteiger partial charge in [0.1, 0.15) is 10.3 Å². The fourth-order valence-corrected chi connectivity index (χ4v) is 7.93. The van der Waals surface area contributed by atoms with Gasteiger partial charge in [0.15, 0.2) is 6.29 Å². The quantitative estimate of drug-likeness (QED) is 0.487. The molecule has 2 aliphatic rings. The number of piperazine rings is 1. The number of nitrogens with one attached hydrogen (secondary N) is 1. The molecule has 16 heteroatoms. The molecule has 0 radical (unpaired) electrons. The second-order valence-corrected chi connectivity index (χ2v) is 14.0. The van der Waals surface area contributed by atoms with Crippen LogP contribution >= 0.6 is 11.3 Å². The molecular weight excluding hydrogens is 571 g/mol. The van der Waals surface area contributed by atoms with E-state index in [1.54, 1.807) is 0 Å². The van der Waals surface area contributed by atoms with Crippen LogP contribution in [-0.2, 0) is 40.6 Å². The number of carbonyl (C=O) groups excluding carboxylic acids is 1. The van der Waals surface area contributed by atoms with Gasteiger partial charge in [-0.3, -0.25) is 4.79 Å². The predicted molar refractivity (Wildman–Crippen MR) is 132 cm³/mol. The van der Waals surface area contributed by atoms with Crippen LogP contribution in [0.5, 0.6) is 0 Å². The number of halogens is 3. The Hall–Kier alpha value is -2.08. The molecule has 2 saturated heterocycles. The molecule has 2 aromatic rings. The zero-order valence-electron chi connectivity index (χ0n) is 20.2. The van der Waals surface area contributed by atoms with E-state index >= 15 is 0 Å². The maximum absolute atomic E-state index is 13.6. The van der Waals surface area contributed by atoms with Crippen molar-refractivity contribution >= 4 is 37.3 Å². The minimum Gasteiger partial charge on any atom is -0.350 e. The van der Waals surface area contributed by atoms with Crippen molar-refractivity contribution < 1.29 is 44.4 Å². The zero-order valence-corrected chi connectivity index (χ0v) is 22.6. The van der Waals surface area contributed by atoms with Crippen LogP contribution in [0.4, 0.5) is 13.2 Å². The van der Waals surface area contributed by atoms with Crippen LogP contribution in [0.15, 0.2) is 40.6 Å². The number of rotatable bonds is 7. The van der Waals surface area contributed by atoms with E-state index in [9.17, 15) is 34.8 Å². The lowest BCUT2D eigenvalue weighted by atomic mass is 10.1. The average molecular weight is 598 g/mol. The molecule has 2 fully saturated rings. The molecule has 2 atom stereocenters. The first kappa shape index (κ1) is 28.9. The van der Waals surface area contributed by atoms with Crippen LogP contribution in [0.1, 0.15) is 24.8 Å². The van der Waals surface area contributed by atoms with Gasteiger partial charge < -0.3 is 4.74 Å². The molecule has 0 spiro atoms. The number of thiophene rings is 1. The zero-order chi connectivity index (χ0) is 27.7. The Labute approximate surface area is 222 Å². The Bertz CT molecular complexity index is 1360. The van der Waals surface area contributed by atoms with Crippen LogP contribution in [0.3, 0.4) is 0 Å². The first-order chi connectivity index (χ1) is 17.8. The second kappa shape index (κ2) is 11.2. The van der Waals surface area contributed by atoms with Crippen molar-refractivity contribution in [2.45, 2.75) is 42.0 Å². The number of hydrogen-bond donors (Lipinski definition) is 1. The molecule has 210 valence electrons. The molecule has 0 saturated carbocycles. The van der Waals surface area contributed by atoms with Crippen molar-refractivity contribution in [2.24, 2.45) is 0 Å². The van der Waals surface area contributed by atoms with Crippen LogP contribution in [0, 0.1) is 0 Å². The highest BCUT2D eigenvalue weighted by molar-refractivity contribution is 7.91. The Morgan fingerprint density at radius 2 is 1.79 bits per heavy atom. The first-order valence-corrected chi connectivity index (χ1v) is 15.7. The number of amides is 1. The van der Waals surface area contributed by atoms with Gasteiger partial charge >= 0.3 is 6.18 Å². The van der Waals surface area contributed by atoms with E-state index in [4.69, 9.17) is 9.57 Å². The number of benzene rings is 1. The molecule has 10 nitrogen and oxygen atoms in total. The molecule has 0 bridgehead atoms. The number of carbonyl (C=O) groups is 1. The first-order valence-electron chi connectivity index (χ1n) is 11.6. The SMILES string of the molecule is CS(=O)(=O)N1CCN(S(=O)(=O)c2ccc(-c3ccc(C(F)(F)F)cc3)s2)[C@@H](C(=O)NOC2CCCCO2)C1. The summed E-state index contributed by atoms with van der Waals surface area (Å²) in [5, 5.41) is 0. The van der Waals surface area contributed by atoms with Crippen LogP contribution < -0.4 is 5.48 Å². The van der Waals surface area contributed by atoms with Crippen molar-refractivity contribution in [2.75, 3.05) is 32.5 Å². The molecule has 1 unspecified atom stereocenters. The maximum Gasteiger partial charge on any atom is 0.416 e. The van der Waals surface area contributed by atoms with Gasteiger partial charge in [-0.2, -0.15) is 21.8 Å². The Kier molecular flexibility index (Phi) is 8.52. The number of ether oxygens (including phenoxy) is 1. The second-order valence-electron chi connectivity index (χ2n) is 8.83. The van der Waals surface area contributed by atoms with Crippen LogP contribution in [-0.4, -0.2) is 76.2 Å².